The van der Waals surface area contributed by atoms with Crippen molar-refractivity contribution in [1.29, 1.82) is 0 Å². The predicted molar refractivity (Wildman–Crippen MR) is 125 cm³/mol. The number of amides is 1. The van der Waals surface area contributed by atoms with Crippen LogP contribution in [-0.2, 0) is 6.54 Å². The summed E-state index contributed by atoms with van der Waals surface area (Å²) in [5.41, 5.74) is 11.4. The Morgan fingerprint density at radius 1 is 1.21 bits per heavy atom. The number of hydrogen-bond acceptors (Lipinski definition) is 7. The van der Waals surface area contributed by atoms with Crippen molar-refractivity contribution < 1.29 is 4.79 Å². The van der Waals surface area contributed by atoms with Gasteiger partial charge in [0.25, 0.3) is 5.91 Å². The zero-order chi connectivity index (χ0) is 22.8. The summed E-state index contributed by atoms with van der Waals surface area (Å²) in [5, 5.41) is 11.0. The zero-order valence-electron chi connectivity index (χ0n) is 18.4. The molecule has 2 bridgehead atoms. The third-order valence-electron chi connectivity index (χ3n) is 7.44. The molecule has 3 aliphatic heterocycles. The number of aromatic amines is 2. The Kier molecular flexibility index (Phi) is 4.08. The smallest absolute Gasteiger partial charge is 0.291 e. The van der Waals surface area contributed by atoms with Gasteiger partial charge in [0.05, 0.1) is 6.20 Å². The van der Waals surface area contributed by atoms with Gasteiger partial charge >= 0.3 is 0 Å². The highest BCUT2D eigenvalue weighted by molar-refractivity contribution is 5.91. The van der Waals surface area contributed by atoms with Crippen LogP contribution in [0.4, 0.5) is 11.5 Å². The van der Waals surface area contributed by atoms with Crippen molar-refractivity contribution in [1.82, 2.24) is 39.7 Å². The first kappa shape index (κ1) is 19.3. The Labute approximate surface area is 194 Å². The van der Waals surface area contributed by atoms with E-state index in [9.17, 15) is 4.79 Å². The van der Waals surface area contributed by atoms with Crippen LogP contribution in [-0.4, -0.2) is 57.7 Å². The Balaban J connectivity index is 1.19. The van der Waals surface area contributed by atoms with E-state index < -0.39 is 0 Å². The lowest BCUT2D eigenvalue weighted by atomic mass is 9.87. The van der Waals surface area contributed by atoms with E-state index in [1.54, 1.807) is 4.52 Å². The lowest BCUT2D eigenvalue weighted by molar-refractivity contribution is 0.0557. The number of nitrogen functional groups attached to an aromatic ring is 1. The third-order valence-corrected chi connectivity index (χ3v) is 7.44. The van der Waals surface area contributed by atoms with Crippen molar-refractivity contribution in [3.8, 4) is 0 Å². The van der Waals surface area contributed by atoms with Crippen molar-refractivity contribution in [3.63, 3.8) is 0 Å². The first-order valence-electron chi connectivity index (χ1n) is 11.6. The van der Waals surface area contributed by atoms with Gasteiger partial charge in [-0.15, -0.1) is 0 Å². The molecule has 1 unspecified atom stereocenters. The van der Waals surface area contributed by atoms with Crippen LogP contribution in [0.1, 0.15) is 59.2 Å². The summed E-state index contributed by atoms with van der Waals surface area (Å²) in [6.07, 6.45) is 13.0. The lowest BCUT2D eigenvalue weighted by Gasteiger charge is -2.38. The van der Waals surface area contributed by atoms with Gasteiger partial charge in [-0.25, -0.2) is 9.97 Å². The van der Waals surface area contributed by atoms with Crippen LogP contribution in [0.3, 0.4) is 0 Å². The molecule has 11 nitrogen and oxygen atoms in total. The normalized spacial score (nSPS) is 23.6. The zero-order valence-corrected chi connectivity index (χ0v) is 18.4. The summed E-state index contributed by atoms with van der Waals surface area (Å²) in [4.78, 5) is 29.5. The highest BCUT2D eigenvalue weighted by Gasteiger charge is 2.45. The summed E-state index contributed by atoms with van der Waals surface area (Å²) in [6.45, 7) is 0.745. The van der Waals surface area contributed by atoms with Crippen LogP contribution in [0.25, 0.3) is 11.7 Å². The highest BCUT2D eigenvalue weighted by atomic mass is 16.2. The summed E-state index contributed by atoms with van der Waals surface area (Å²) >= 11 is 0. The summed E-state index contributed by atoms with van der Waals surface area (Å²) in [7, 11) is 0. The first-order valence-corrected chi connectivity index (χ1v) is 11.6. The van der Waals surface area contributed by atoms with E-state index in [0.29, 0.717) is 11.6 Å². The number of nitrogens with two attached hydrogens (primary N) is 1. The number of rotatable bonds is 3. The molecular formula is C23H24N10O. The molecule has 172 valence electrons. The van der Waals surface area contributed by atoms with Gasteiger partial charge < -0.3 is 20.5 Å². The molecule has 0 spiro atoms. The molecule has 0 radical (unpaired) electrons. The predicted octanol–water partition coefficient (Wildman–Crippen LogP) is 2.30. The summed E-state index contributed by atoms with van der Waals surface area (Å²) in [5.74, 6) is 1.05. The maximum atomic E-state index is 13.0. The molecule has 0 saturated carbocycles. The van der Waals surface area contributed by atoms with Gasteiger partial charge in [0.15, 0.2) is 5.65 Å². The van der Waals surface area contributed by atoms with Gasteiger partial charge in [0.2, 0.25) is 5.82 Å². The van der Waals surface area contributed by atoms with Crippen molar-refractivity contribution in [2.45, 2.75) is 50.2 Å². The van der Waals surface area contributed by atoms with E-state index in [4.69, 9.17) is 10.7 Å². The van der Waals surface area contributed by atoms with Gasteiger partial charge in [-0.2, -0.15) is 14.7 Å². The number of anilines is 2. The molecule has 0 aliphatic carbocycles. The van der Waals surface area contributed by atoms with Gasteiger partial charge in [-0.05, 0) is 43.4 Å². The molecule has 4 aromatic heterocycles. The van der Waals surface area contributed by atoms with E-state index >= 15 is 0 Å². The van der Waals surface area contributed by atoms with Crippen LogP contribution in [0.5, 0.6) is 0 Å². The fourth-order valence-electron chi connectivity index (χ4n) is 5.86. The molecule has 4 N–H and O–H groups in total. The molecule has 7 heterocycles. The van der Waals surface area contributed by atoms with Gasteiger partial charge in [0, 0.05) is 54.4 Å². The Morgan fingerprint density at radius 2 is 2.06 bits per heavy atom. The second-order valence-electron chi connectivity index (χ2n) is 9.33. The number of carbonyl (C=O) groups is 1. The largest absolute Gasteiger partial charge is 0.384 e. The molecule has 2 saturated heterocycles. The fraction of sp³-hybridized carbons (Fsp3) is 0.348. The molecular weight excluding hydrogens is 432 g/mol. The average Bonchev–Trinajstić information content (AvgIpc) is 3.64. The molecule has 11 heteroatoms. The topological polar surface area (TPSA) is 137 Å². The van der Waals surface area contributed by atoms with Crippen molar-refractivity contribution in [2.24, 2.45) is 0 Å². The highest BCUT2D eigenvalue weighted by Crippen LogP contribution is 2.43. The minimum absolute atomic E-state index is 0.0644. The fourth-order valence-corrected chi connectivity index (χ4v) is 5.86. The molecule has 3 atom stereocenters. The second-order valence-corrected chi connectivity index (χ2v) is 9.33. The standard InChI is InChI=1S/C23H24N10O/c24-20-9-18(14-7-15-1-2-16(8-14)32(15)23(34)21-26-12-27-30-21)29-22-19(10-28-33(20)22)31-6-4-17-13(11-31)3-5-25-17/h3-6,9-10,12,14-16,25H,1-2,7-8,11,24H2,(H,26,27,30)/t14?,15-,16+. The maximum absolute atomic E-state index is 13.0. The SMILES string of the molecule is Nc1cc(C2C[C@H]3CC[C@@H](C2)N3C(=O)c2ncn[nH]2)nc2c(N3C=Cc4[nH]ccc4C3)cnn12. The molecule has 0 aromatic carbocycles. The Morgan fingerprint density at radius 3 is 2.85 bits per heavy atom. The van der Waals surface area contributed by atoms with E-state index in [0.717, 1.165) is 55.0 Å². The van der Waals surface area contributed by atoms with E-state index in [1.807, 2.05) is 29.6 Å². The maximum Gasteiger partial charge on any atom is 0.291 e. The number of hydrogen-bond donors (Lipinski definition) is 3. The van der Waals surface area contributed by atoms with Gasteiger partial charge in [0.1, 0.15) is 17.8 Å². The summed E-state index contributed by atoms with van der Waals surface area (Å²) < 4.78 is 1.70. The van der Waals surface area contributed by atoms with Crippen LogP contribution in [0.2, 0.25) is 0 Å². The second kappa shape index (κ2) is 7.17. The molecule has 3 aliphatic rings. The van der Waals surface area contributed by atoms with Crippen LogP contribution in [0.15, 0.2) is 37.1 Å². The minimum atomic E-state index is -0.0644. The number of fused-ring (bicyclic) bond motifs is 4. The quantitative estimate of drug-likeness (QED) is 0.430. The van der Waals surface area contributed by atoms with E-state index in [1.165, 1.54) is 11.9 Å². The van der Waals surface area contributed by atoms with Crippen LogP contribution < -0.4 is 10.6 Å². The molecule has 4 aromatic rings. The number of piperidine rings is 1. The van der Waals surface area contributed by atoms with E-state index in [2.05, 4.69) is 42.3 Å². The molecule has 7 rings (SSSR count). The molecule has 1 amide bonds. The number of H-pyrrole nitrogens is 2. The third kappa shape index (κ3) is 2.86. The lowest BCUT2D eigenvalue weighted by Crippen LogP contribution is -2.46. The number of nitrogens with zero attached hydrogens (tertiary/aromatic N) is 7. The Bertz CT molecular complexity index is 1400. The van der Waals surface area contributed by atoms with Crippen molar-refractivity contribution in [3.05, 3.63) is 59.8 Å². The van der Waals surface area contributed by atoms with Crippen LogP contribution >= 0.6 is 0 Å². The molecule has 34 heavy (non-hydrogen) atoms. The van der Waals surface area contributed by atoms with Crippen molar-refractivity contribution >= 4 is 29.1 Å². The van der Waals surface area contributed by atoms with Crippen LogP contribution in [0, 0.1) is 0 Å². The van der Waals surface area contributed by atoms with Crippen molar-refractivity contribution in [2.75, 3.05) is 10.6 Å². The van der Waals surface area contributed by atoms with Gasteiger partial charge in [-0.3, -0.25) is 9.89 Å². The van der Waals surface area contributed by atoms with E-state index in [-0.39, 0.29) is 23.9 Å². The Hall–Kier alpha value is -4.15. The van der Waals surface area contributed by atoms with Gasteiger partial charge in [-0.1, -0.05) is 0 Å². The number of nitrogens with one attached hydrogen (secondary N) is 2. The number of carbonyl (C=O) groups excluding carboxylic acids is 1. The minimum Gasteiger partial charge on any atom is -0.384 e. The average molecular weight is 457 g/mol. The number of aromatic nitrogens is 7. The monoisotopic (exact) mass is 456 g/mol. The first-order chi connectivity index (χ1) is 16.7. The summed E-state index contributed by atoms with van der Waals surface area (Å²) in [6, 6.07) is 4.37. The molecule has 2 fully saturated rings.